The third-order valence-electron chi connectivity index (χ3n) is 6.37. The Morgan fingerprint density at radius 3 is 2.24 bits per heavy atom. The summed E-state index contributed by atoms with van der Waals surface area (Å²) in [5, 5.41) is 0.497. The minimum Gasteiger partial charge on any atom is -0.497 e. The fraction of sp³-hybridized carbons (Fsp3) is 0.241. The minimum atomic E-state index is -0.536. The van der Waals surface area contributed by atoms with Gasteiger partial charge in [0, 0.05) is 28.5 Å². The van der Waals surface area contributed by atoms with Gasteiger partial charge in [-0.25, -0.2) is 4.79 Å². The first-order chi connectivity index (χ1) is 17.7. The topological polar surface area (TPSA) is 70.0 Å². The standard InChI is InChI=1S/C29H29ClN2O5/c1-7-37-29(34)27-19(4)32(21-8-11-23(35-5)12-9-21)28(33)24(27)15-20-14-17(2)31(18(20)3)22-10-13-26(36-6)25(30)16-22/h8-16H,7H2,1-6H3/b24-15-. The second-order valence-electron chi connectivity index (χ2n) is 8.56. The van der Waals surface area contributed by atoms with Gasteiger partial charge in [0.1, 0.15) is 11.5 Å². The van der Waals surface area contributed by atoms with Gasteiger partial charge in [-0.05, 0) is 87.9 Å². The lowest BCUT2D eigenvalue weighted by Gasteiger charge is -2.18. The summed E-state index contributed by atoms with van der Waals surface area (Å²) in [7, 11) is 3.15. The van der Waals surface area contributed by atoms with Gasteiger partial charge in [0.05, 0.1) is 37.0 Å². The zero-order valence-corrected chi connectivity index (χ0v) is 22.5. The normalized spacial score (nSPS) is 14.5. The van der Waals surface area contributed by atoms with Crippen molar-refractivity contribution in [1.82, 2.24) is 4.57 Å². The Kier molecular flexibility index (Phi) is 7.45. The summed E-state index contributed by atoms with van der Waals surface area (Å²) >= 11 is 6.37. The molecule has 4 rings (SSSR count). The third-order valence-corrected chi connectivity index (χ3v) is 6.67. The average molecular weight is 521 g/mol. The second-order valence-corrected chi connectivity index (χ2v) is 8.97. The van der Waals surface area contributed by atoms with Gasteiger partial charge >= 0.3 is 5.97 Å². The number of nitrogens with zero attached hydrogens (tertiary/aromatic N) is 2. The number of hydrogen-bond acceptors (Lipinski definition) is 5. The number of aryl methyl sites for hydroxylation is 1. The van der Waals surface area contributed by atoms with Crippen molar-refractivity contribution in [2.45, 2.75) is 27.7 Å². The average Bonchev–Trinajstić information content (AvgIpc) is 3.30. The molecule has 0 fully saturated rings. The Morgan fingerprint density at radius 1 is 0.973 bits per heavy atom. The lowest BCUT2D eigenvalue weighted by atomic mass is 10.0. The van der Waals surface area contributed by atoms with E-state index in [0.29, 0.717) is 27.9 Å². The first-order valence-corrected chi connectivity index (χ1v) is 12.2. The van der Waals surface area contributed by atoms with Crippen molar-refractivity contribution in [3.8, 4) is 17.2 Å². The summed E-state index contributed by atoms with van der Waals surface area (Å²) in [4.78, 5) is 28.3. The van der Waals surface area contributed by atoms with E-state index in [1.54, 1.807) is 58.4 Å². The van der Waals surface area contributed by atoms with Crippen LogP contribution >= 0.6 is 11.6 Å². The maximum Gasteiger partial charge on any atom is 0.340 e. The van der Waals surface area contributed by atoms with Gasteiger partial charge in [-0.3, -0.25) is 9.69 Å². The van der Waals surface area contributed by atoms with E-state index in [4.69, 9.17) is 25.8 Å². The summed E-state index contributed by atoms with van der Waals surface area (Å²) in [6, 6.07) is 14.6. The molecule has 8 heteroatoms. The highest BCUT2D eigenvalue weighted by Crippen LogP contribution is 2.37. The minimum absolute atomic E-state index is 0.201. The highest BCUT2D eigenvalue weighted by Gasteiger charge is 2.38. The number of carbonyl (C=O) groups is 2. The lowest BCUT2D eigenvalue weighted by Crippen LogP contribution is -2.24. The Balaban J connectivity index is 1.82. The SMILES string of the molecule is CCOC(=O)C1=C(C)N(c2ccc(OC)cc2)C(=O)/C1=C\c1cc(C)n(-c2ccc(OC)c(Cl)c2)c1C. The quantitative estimate of drug-likeness (QED) is 0.281. The molecule has 0 saturated heterocycles. The van der Waals surface area contributed by atoms with E-state index in [9.17, 15) is 9.59 Å². The van der Waals surface area contributed by atoms with Crippen molar-refractivity contribution in [3.63, 3.8) is 0 Å². The van der Waals surface area contributed by atoms with Crippen LogP contribution in [0.3, 0.4) is 0 Å². The maximum absolute atomic E-state index is 13.7. The Hall–Kier alpha value is -3.97. The van der Waals surface area contributed by atoms with Crippen LogP contribution in [0.25, 0.3) is 11.8 Å². The maximum atomic E-state index is 13.7. The molecule has 2 aromatic carbocycles. The molecule has 0 saturated carbocycles. The van der Waals surface area contributed by atoms with Crippen molar-refractivity contribution in [3.05, 3.63) is 87.3 Å². The number of anilines is 1. The van der Waals surface area contributed by atoms with Crippen molar-refractivity contribution in [2.24, 2.45) is 0 Å². The molecule has 37 heavy (non-hydrogen) atoms. The van der Waals surface area contributed by atoms with Crippen LogP contribution in [0.1, 0.15) is 30.8 Å². The fourth-order valence-corrected chi connectivity index (χ4v) is 4.86. The molecule has 3 aromatic rings. The number of halogens is 1. The van der Waals surface area contributed by atoms with Crippen LogP contribution in [0.2, 0.25) is 5.02 Å². The highest BCUT2D eigenvalue weighted by atomic mass is 35.5. The van der Waals surface area contributed by atoms with E-state index in [-0.39, 0.29) is 23.7 Å². The van der Waals surface area contributed by atoms with Gasteiger partial charge in [0.25, 0.3) is 5.91 Å². The molecule has 1 amide bonds. The summed E-state index contributed by atoms with van der Waals surface area (Å²) < 4.78 is 17.9. The summed E-state index contributed by atoms with van der Waals surface area (Å²) in [6.07, 6.45) is 1.76. The van der Waals surface area contributed by atoms with E-state index in [0.717, 1.165) is 22.6 Å². The first kappa shape index (κ1) is 26.1. The van der Waals surface area contributed by atoms with Crippen LogP contribution in [-0.2, 0) is 14.3 Å². The van der Waals surface area contributed by atoms with Gasteiger partial charge in [-0.15, -0.1) is 0 Å². The molecule has 192 valence electrons. The van der Waals surface area contributed by atoms with Crippen LogP contribution in [0.15, 0.2) is 65.4 Å². The molecule has 1 aliphatic rings. The molecule has 0 bridgehead atoms. The van der Waals surface area contributed by atoms with Gasteiger partial charge < -0.3 is 18.8 Å². The molecule has 0 N–H and O–H groups in total. The first-order valence-electron chi connectivity index (χ1n) is 11.8. The molecule has 7 nitrogen and oxygen atoms in total. The molecule has 0 unspecified atom stereocenters. The van der Waals surface area contributed by atoms with E-state index in [1.807, 2.05) is 42.7 Å². The number of amides is 1. The van der Waals surface area contributed by atoms with Gasteiger partial charge in [-0.2, -0.15) is 0 Å². The van der Waals surface area contributed by atoms with Crippen molar-refractivity contribution >= 4 is 35.2 Å². The van der Waals surface area contributed by atoms with Crippen LogP contribution in [-0.4, -0.2) is 37.3 Å². The second kappa shape index (κ2) is 10.6. The van der Waals surface area contributed by atoms with Crippen molar-refractivity contribution < 1.29 is 23.8 Å². The molecule has 1 aliphatic heterocycles. The van der Waals surface area contributed by atoms with Gasteiger partial charge in [0.2, 0.25) is 0 Å². The smallest absolute Gasteiger partial charge is 0.340 e. The molecular weight excluding hydrogens is 492 g/mol. The summed E-state index contributed by atoms with van der Waals surface area (Å²) in [6.45, 7) is 7.62. The largest absolute Gasteiger partial charge is 0.497 e. The molecular formula is C29H29ClN2O5. The number of ether oxygens (including phenoxy) is 3. The Morgan fingerprint density at radius 2 is 1.65 bits per heavy atom. The number of allylic oxidation sites excluding steroid dienone is 1. The van der Waals surface area contributed by atoms with E-state index in [1.165, 1.54) is 4.90 Å². The van der Waals surface area contributed by atoms with E-state index >= 15 is 0 Å². The predicted octanol–water partition coefficient (Wildman–Crippen LogP) is 6.03. The molecule has 2 heterocycles. The lowest BCUT2D eigenvalue weighted by molar-refractivity contribution is -0.138. The zero-order chi connectivity index (χ0) is 26.9. The number of methoxy groups -OCH3 is 2. The monoisotopic (exact) mass is 520 g/mol. The number of rotatable bonds is 7. The van der Waals surface area contributed by atoms with Crippen LogP contribution in [0.5, 0.6) is 11.5 Å². The number of esters is 1. The zero-order valence-electron chi connectivity index (χ0n) is 21.7. The number of aromatic nitrogens is 1. The number of benzene rings is 2. The summed E-state index contributed by atoms with van der Waals surface area (Å²) in [5.74, 6) is 0.420. The van der Waals surface area contributed by atoms with Crippen molar-refractivity contribution in [2.75, 3.05) is 25.7 Å². The molecule has 0 aliphatic carbocycles. The van der Waals surface area contributed by atoms with E-state index in [2.05, 4.69) is 0 Å². The molecule has 0 atom stereocenters. The Bertz CT molecular complexity index is 1430. The summed E-state index contributed by atoms with van der Waals surface area (Å²) in [5.41, 5.74) is 5.17. The van der Waals surface area contributed by atoms with Gasteiger partial charge in [-0.1, -0.05) is 11.6 Å². The van der Waals surface area contributed by atoms with E-state index < -0.39 is 5.97 Å². The van der Waals surface area contributed by atoms with Crippen LogP contribution < -0.4 is 14.4 Å². The number of carbonyl (C=O) groups excluding carboxylic acids is 2. The molecule has 0 spiro atoms. The van der Waals surface area contributed by atoms with Crippen LogP contribution in [0, 0.1) is 13.8 Å². The fourth-order valence-electron chi connectivity index (χ4n) is 4.60. The van der Waals surface area contributed by atoms with Gasteiger partial charge in [0.15, 0.2) is 0 Å². The molecule has 0 radical (unpaired) electrons. The predicted molar refractivity (Wildman–Crippen MR) is 145 cm³/mol. The highest BCUT2D eigenvalue weighted by molar-refractivity contribution is 6.32. The number of hydrogen-bond donors (Lipinski definition) is 0. The molecule has 1 aromatic heterocycles. The Labute approximate surface area is 221 Å². The third kappa shape index (κ3) is 4.74. The van der Waals surface area contributed by atoms with Crippen molar-refractivity contribution in [1.29, 1.82) is 0 Å². The van der Waals surface area contributed by atoms with Crippen LogP contribution in [0.4, 0.5) is 5.69 Å².